The minimum atomic E-state index is -0.951. The van der Waals surface area contributed by atoms with Crippen molar-refractivity contribution in [3.05, 3.63) is 65.7 Å². The smallest absolute Gasteiger partial charge is 0.256 e. The topological polar surface area (TPSA) is 67.4 Å². The summed E-state index contributed by atoms with van der Waals surface area (Å²) >= 11 is 0. The molecule has 0 aliphatic carbocycles. The molecule has 0 aliphatic rings. The maximum absolute atomic E-state index is 14.1. The van der Waals surface area contributed by atoms with E-state index in [-0.39, 0.29) is 11.4 Å². The number of hydrogen-bond donors (Lipinski definition) is 2. The van der Waals surface area contributed by atoms with Gasteiger partial charge < -0.3 is 15.4 Å². The number of amides is 2. The van der Waals surface area contributed by atoms with Crippen LogP contribution in [0.2, 0.25) is 0 Å². The van der Waals surface area contributed by atoms with E-state index in [1.165, 1.54) is 14.0 Å². The number of rotatable bonds is 4. The number of benzene rings is 3. The molecule has 0 saturated carbocycles. The summed E-state index contributed by atoms with van der Waals surface area (Å²) in [5.41, 5.74) is -0.167. The minimum Gasteiger partial charge on any atom is -0.496 e. The maximum atomic E-state index is 14.1. The van der Waals surface area contributed by atoms with Crippen molar-refractivity contribution in [2.75, 3.05) is 17.7 Å². The SMILES string of the molecule is COc1ccc(C(=O)Nc2cc(NC(C)=O)c(F)cc2F)c2ccccc12. The summed E-state index contributed by atoms with van der Waals surface area (Å²) in [5.74, 6) is -2.38. The molecule has 3 aromatic rings. The van der Waals surface area contributed by atoms with E-state index in [9.17, 15) is 18.4 Å². The Kier molecular flexibility index (Phi) is 5.03. The van der Waals surface area contributed by atoms with E-state index < -0.39 is 23.4 Å². The molecule has 3 aromatic carbocycles. The van der Waals surface area contributed by atoms with Gasteiger partial charge in [-0.05, 0) is 23.6 Å². The highest BCUT2D eigenvalue weighted by Crippen LogP contribution is 2.30. The van der Waals surface area contributed by atoms with Crippen molar-refractivity contribution >= 4 is 34.0 Å². The largest absolute Gasteiger partial charge is 0.496 e. The second-order valence-electron chi connectivity index (χ2n) is 5.81. The van der Waals surface area contributed by atoms with Gasteiger partial charge in [0.1, 0.15) is 17.4 Å². The molecule has 0 aromatic heterocycles. The minimum absolute atomic E-state index is 0.223. The zero-order chi connectivity index (χ0) is 19.6. The van der Waals surface area contributed by atoms with Crippen LogP contribution in [0.4, 0.5) is 20.2 Å². The second-order valence-corrected chi connectivity index (χ2v) is 5.81. The number of ether oxygens (including phenoxy) is 1. The van der Waals surface area contributed by atoms with Gasteiger partial charge in [-0.1, -0.05) is 24.3 Å². The first-order valence-corrected chi connectivity index (χ1v) is 8.04. The molecule has 0 fully saturated rings. The average molecular weight is 370 g/mol. The molecule has 0 bridgehead atoms. The summed E-state index contributed by atoms with van der Waals surface area (Å²) < 4.78 is 33.1. The molecule has 0 aliphatic heterocycles. The van der Waals surface area contributed by atoms with Crippen LogP contribution in [-0.4, -0.2) is 18.9 Å². The summed E-state index contributed by atoms with van der Waals surface area (Å²) in [5, 5.41) is 6.03. The quantitative estimate of drug-likeness (QED) is 0.718. The highest BCUT2D eigenvalue weighted by atomic mass is 19.1. The van der Waals surface area contributed by atoms with Gasteiger partial charge in [-0.25, -0.2) is 8.78 Å². The van der Waals surface area contributed by atoms with Gasteiger partial charge in [0.05, 0.1) is 18.5 Å². The summed E-state index contributed by atoms with van der Waals surface area (Å²) in [7, 11) is 1.53. The molecule has 0 spiro atoms. The van der Waals surface area contributed by atoms with Gasteiger partial charge in [-0.15, -0.1) is 0 Å². The lowest BCUT2D eigenvalue weighted by molar-refractivity contribution is -0.114. The Labute approximate surface area is 153 Å². The number of halogens is 2. The Balaban J connectivity index is 1.99. The number of hydrogen-bond acceptors (Lipinski definition) is 3. The first-order chi connectivity index (χ1) is 12.9. The zero-order valence-corrected chi connectivity index (χ0v) is 14.6. The van der Waals surface area contributed by atoms with Crippen molar-refractivity contribution in [1.29, 1.82) is 0 Å². The van der Waals surface area contributed by atoms with E-state index in [4.69, 9.17) is 4.74 Å². The van der Waals surface area contributed by atoms with Crippen LogP contribution in [0.3, 0.4) is 0 Å². The normalized spacial score (nSPS) is 10.5. The molecule has 7 heteroatoms. The predicted molar refractivity (Wildman–Crippen MR) is 99.1 cm³/mol. The fourth-order valence-electron chi connectivity index (χ4n) is 2.77. The Morgan fingerprint density at radius 2 is 1.52 bits per heavy atom. The second kappa shape index (κ2) is 7.41. The predicted octanol–water partition coefficient (Wildman–Crippen LogP) is 4.34. The van der Waals surface area contributed by atoms with E-state index in [1.807, 2.05) is 6.07 Å². The molecule has 0 heterocycles. The third-order valence-electron chi connectivity index (χ3n) is 3.96. The summed E-state index contributed by atoms with van der Waals surface area (Å²) in [6.07, 6.45) is 0. The van der Waals surface area contributed by atoms with Gasteiger partial charge in [-0.3, -0.25) is 9.59 Å². The summed E-state index contributed by atoms with van der Waals surface area (Å²) in [4.78, 5) is 23.8. The fourth-order valence-corrected chi connectivity index (χ4v) is 2.77. The van der Waals surface area contributed by atoms with Crippen LogP contribution >= 0.6 is 0 Å². The molecular formula is C20H16F2N2O3. The van der Waals surface area contributed by atoms with Crippen LogP contribution in [0, 0.1) is 11.6 Å². The summed E-state index contributed by atoms with van der Waals surface area (Å²) in [6.45, 7) is 1.20. The van der Waals surface area contributed by atoms with E-state index in [1.54, 1.807) is 30.3 Å². The Morgan fingerprint density at radius 1 is 0.889 bits per heavy atom. The highest BCUT2D eigenvalue weighted by Gasteiger charge is 2.17. The maximum Gasteiger partial charge on any atom is 0.256 e. The van der Waals surface area contributed by atoms with Crippen LogP contribution in [0.25, 0.3) is 10.8 Å². The molecule has 2 N–H and O–H groups in total. The highest BCUT2D eigenvalue weighted by molar-refractivity contribution is 6.14. The third kappa shape index (κ3) is 3.72. The Morgan fingerprint density at radius 3 is 2.15 bits per heavy atom. The van der Waals surface area contributed by atoms with Crippen LogP contribution in [0.1, 0.15) is 17.3 Å². The van der Waals surface area contributed by atoms with Gasteiger partial charge in [0.2, 0.25) is 5.91 Å². The van der Waals surface area contributed by atoms with Crippen LogP contribution in [0.15, 0.2) is 48.5 Å². The Bertz CT molecular complexity index is 1050. The number of nitrogens with one attached hydrogen (secondary N) is 2. The monoisotopic (exact) mass is 370 g/mol. The van der Waals surface area contributed by atoms with Gasteiger partial charge in [-0.2, -0.15) is 0 Å². The number of fused-ring (bicyclic) bond motifs is 1. The van der Waals surface area contributed by atoms with Crippen molar-refractivity contribution in [3.8, 4) is 5.75 Å². The standard InChI is InChI=1S/C20H16F2N2O3/c1-11(25)23-17-10-18(16(22)9-15(17)21)24-20(26)14-7-8-19(27-2)13-6-4-3-5-12(13)14/h3-10H,1-2H3,(H,23,25)(H,24,26). The molecule has 0 radical (unpaired) electrons. The lowest BCUT2D eigenvalue weighted by Gasteiger charge is -2.13. The van der Waals surface area contributed by atoms with Gasteiger partial charge in [0, 0.05) is 23.9 Å². The summed E-state index contributed by atoms with van der Waals surface area (Å²) in [6, 6.07) is 12.0. The van der Waals surface area contributed by atoms with E-state index in [2.05, 4.69) is 10.6 Å². The average Bonchev–Trinajstić information content (AvgIpc) is 2.64. The third-order valence-corrected chi connectivity index (χ3v) is 3.96. The zero-order valence-electron chi connectivity index (χ0n) is 14.6. The molecule has 5 nitrogen and oxygen atoms in total. The van der Waals surface area contributed by atoms with Crippen molar-refractivity contribution in [3.63, 3.8) is 0 Å². The number of carbonyl (C=O) groups is 2. The molecule has 0 unspecified atom stereocenters. The van der Waals surface area contributed by atoms with Gasteiger partial charge >= 0.3 is 0 Å². The van der Waals surface area contributed by atoms with E-state index >= 15 is 0 Å². The first kappa shape index (κ1) is 18.3. The number of anilines is 2. The van der Waals surface area contributed by atoms with Crippen molar-refractivity contribution in [2.45, 2.75) is 6.92 Å². The van der Waals surface area contributed by atoms with E-state index in [0.29, 0.717) is 22.8 Å². The molecule has 2 amide bonds. The molecule has 0 atom stereocenters. The molecular weight excluding hydrogens is 354 g/mol. The molecule has 138 valence electrons. The first-order valence-electron chi connectivity index (χ1n) is 8.04. The van der Waals surface area contributed by atoms with Crippen LogP contribution in [0.5, 0.6) is 5.75 Å². The van der Waals surface area contributed by atoms with Crippen molar-refractivity contribution in [1.82, 2.24) is 0 Å². The lowest BCUT2D eigenvalue weighted by atomic mass is 10.0. The Hall–Kier alpha value is -3.48. The van der Waals surface area contributed by atoms with Crippen LogP contribution in [-0.2, 0) is 4.79 Å². The van der Waals surface area contributed by atoms with Crippen molar-refractivity contribution < 1.29 is 23.1 Å². The number of methoxy groups -OCH3 is 1. The van der Waals surface area contributed by atoms with Crippen LogP contribution < -0.4 is 15.4 Å². The number of carbonyl (C=O) groups excluding carboxylic acids is 2. The fraction of sp³-hybridized carbons (Fsp3) is 0.100. The van der Waals surface area contributed by atoms with E-state index in [0.717, 1.165) is 11.5 Å². The lowest BCUT2D eigenvalue weighted by Crippen LogP contribution is -2.15. The molecule has 3 rings (SSSR count). The van der Waals surface area contributed by atoms with Gasteiger partial charge in [0.15, 0.2) is 0 Å². The molecule has 0 saturated heterocycles. The molecule has 27 heavy (non-hydrogen) atoms. The van der Waals surface area contributed by atoms with Gasteiger partial charge in [0.25, 0.3) is 5.91 Å². The van der Waals surface area contributed by atoms with Crippen molar-refractivity contribution in [2.24, 2.45) is 0 Å².